The van der Waals surface area contributed by atoms with Gasteiger partial charge in [-0.3, -0.25) is 9.59 Å². The summed E-state index contributed by atoms with van der Waals surface area (Å²) in [7, 11) is 0. The lowest BCUT2D eigenvalue weighted by Crippen LogP contribution is -2.40. The van der Waals surface area contributed by atoms with E-state index in [0.29, 0.717) is 26.9 Å². The van der Waals surface area contributed by atoms with Crippen LogP contribution in [0.4, 0.5) is 0 Å². The van der Waals surface area contributed by atoms with Crippen LogP contribution in [0.2, 0.25) is 0 Å². The van der Waals surface area contributed by atoms with Gasteiger partial charge in [0.2, 0.25) is 11.6 Å². The first-order chi connectivity index (χ1) is 15.2. The molecule has 0 fully saturated rings. The lowest BCUT2D eigenvalue weighted by Gasteiger charge is -2.34. The van der Waals surface area contributed by atoms with Crippen LogP contribution in [0, 0.1) is 0 Å². The van der Waals surface area contributed by atoms with Gasteiger partial charge in [-0.15, -0.1) is 10.2 Å². The molecule has 0 bridgehead atoms. The Balaban J connectivity index is 1.56. The van der Waals surface area contributed by atoms with E-state index in [1.807, 2.05) is 65.6 Å². The number of carbonyl (C=O) groups excluding carboxylic acids is 2. The monoisotopic (exact) mass is 421 g/mol. The zero-order valence-corrected chi connectivity index (χ0v) is 17.0. The van der Waals surface area contributed by atoms with Gasteiger partial charge in [0.05, 0.1) is 10.6 Å². The summed E-state index contributed by atoms with van der Waals surface area (Å²) in [6.45, 7) is 0. The summed E-state index contributed by atoms with van der Waals surface area (Å²) in [4.78, 5) is 29.1. The molecule has 0 unspecified atom stereocenters. The molecule has 148 valence electrons. The van der Waals surface area contributed by atoms with Crippen LogP contribution in [-0.4, -0.2) is 27.3 Å². The molecule has 3 aromatic rings. The molecule has 0 saturated heterocycles. The van der Waals surface area contributed by atoms with Crippen molar-refractivity contribution in [3.8, 4) is 0 Å². The zero-order chi connectivity index (χ0) is 20.9. The molecule has 1 aliphatic carbocycles. The van der Waals surface area contributed by atoms with Crippen molar-refractivity contribution >= 4 is 34.2 Å². The predicted molar refractivity (Wildman–Crippen MR) is 121 cm³/mol. The second kappa shape index (κ2) is 6.89. The Labute approximate surface area is 182 Å². The van der Waals surface area contributed by atoms with Crippen LogP contribution in [-0.2, 0) is 0 Å². The van der Waals surface area contributed by atoms with Crippen molar-refractivity contribution in [1.82, 2.24) is 4.90 Å². The molecule has 3 aromatic carbocycles. The Bertz CT molecular complexity index is 1340. The van der Waals surface area contributed by atoms with Crippen LogP contribution in [0.3, 0.4) is 0 Å². The topological polar surface area (TPSA) is 62.1 Å². The molecule has 31 heavy (non-hydrogen) atoms. The summed E-state index contributed by atoms with van der Waals surface area (Å²) in [6, 6.07) is 26.4. The Kier molecular flexibility index (Phi) is 4.01. The highest BCUT2D eigenvalue weighted by Crippen LogP contribution is 2.47. The normalized spacial score (nSPS) is 19.5. The summed E-state index contributed by atoms with van der Waals surface area (Å²) in [5.41, 5.74) is 3.91. The van der Waals surface area contributed by atoms with Gasteiger partial charge in [-0.25, -0.2) is 0 Å². The van der Waals surface area contributed by atoms with Crippen molar-refractivity contribution in [2.75, 3.05) is 0 Å². The molecule has 2 heterocycles. The second-order valence-corrected chi connectivity index (χ2v) is 8.38. The first kappa shape index (κ1) is 18.0. The Morgan fingerprint density at radius 1 is 0.710 bits per heavy atom. The van der Waals surface area contributed by atoms with Crippen molar-refractivity contribution in [3.63, 3.8) is 0 Å². The van der Waals surface area contributed by atoms with Gasteiger partial charge in [0, 0.05) is 16.7 Å². The Morgan fingerprint density at radius 2 is 1.32 bits per heavy atom. The third-order valence-electron chi connectivity index (χ3n) is 5.64. The molecule has 5 nitrogen and oxygen atoms in total. The number of benzene rings is 3. The lowest BCUT2D eigenvalue weighted by atomic mass is 9.89. The SMILES string of the molecule is O=C1C2=C(C(=O)c3ccccc31)N1C(=NN=C(c3ccccc3)[C@H]1c1ccccc1)S2. The summed E-state index contributed by atoms with van der Waals surface area (Å²) >= 11 is 1.23. The molecule has 3 aliphatic rings. The Morgan fingerprint density at radius 3 is 2.03 bits per heavy atom. The minimum atomic E-state index is -0.363. The minimum absolute atomic E-state index is 0.139. The minimum Gasteiger partial charge on any atom is -0.301 e. The number of hydrogen-bond acceptors (Lipinski definition) is 6. The second-order valence-electron chi connectivity index (χ2n) is 7.40. The first-order valence-electron chi connectivity index (χ1n) is 9.90. The molecule has 0 aromatic heterocycles. The van der Waals surface area contributed by atoms with Gasteiger partial charge < -0.3 is 4.90 Å². The number of thioether (sulfide) groups is 1. The van der Waals surface area contributed by atoms with Crippen LogP contribution in [0.1, 0.15) is 37.9 Å². The molecular weight excluding hydrogens is 406 g/mol. The summed E-state index contributed by atoms with van der Waals surface area (Å²) in [5.74, 6) is -0.293. The molecule has 6 rings (SSSR count). The number of amidine groups is 1. The summed E-state index contributed by atoms with van der Waals surface area (Å²) < 4.78 is 0. The molecule has 0 saturated carbocycles. The fourth-order valence-electron chi connectivity index (χ4n) is 4.24. The van der Waals surface area contributed by atoms with E-state index < -0.39 is 0 Å². The molecule has 0 N–H and O–H groups in total. The average molecular weight is 421 g/mol. The van der Waals surface area contributed by atoms with Crippen molar-refractivity contribution < 1.29 is 9.59 Å². The fraction of sp³-hybridized carbons (Fsp3) is 0.0400. The van der Waals surface area contributed by atoms with Crippen LogP contribution >= 0.6 is 11.8 Å². The third kappa shape index (κ3) is 2.65. The Hall–Kier alpha value is -3.77. The van der Waals surface area contributed by atoms with Gasteiger partial charge in [0.15, 0.2) is 5.17 Å². The van der Waals surface area contributed by atoms with Gasteiger partial charge in [-0.1, -0.05) is 84.9 Å². The maximum atomic E-state index is 13.6. The van der Waals surface area contributed by atoms with Crippen molar-refractivity contribution in [2.45, 2.75) is 6.04 Å². The smallest absolute Gasteiger partial charge is 0.211 e. The number of fused-ring (bicyclic) bond motifs is 3. The van der Waals surface area contributed by atoms with E-state index in [2.05, 4.69) is 10.2 Å². The van der Waals surface area contributed by atoms with E-state index in [0.717, 1.165) is 16.8 Å². The number of ketones is 2. The van der Waals surface area contributed by atoms with E-state index in [4.69, 9.17) is 0 Å². The van der Waals surface area contributed by atoms with Crippen LogP contribution in [0.5, 0.6) is 0 Å². The molecule has 1 atom stereocenters. The van der Waals surface area contributed by atoms with E-state index in [1.165, 1.54) is 11.8 Å². The van der Waals surface area contributed by atoms with Crippen LogP contribution in [0.15, 0.2) is 106 Å². The number of allylic oxidation sites excluding steroid dienone is 2. The number of rotatable bonds is 2. The molecule has 2 aliphatic heterocycles. The van der Waals surface area contributed by atoms with E-state index in [1.54, 1.807) is 24.3 Å². The average Bonchev–Trinajstić information content (AvgIpc) is 3.23. The molecule has 0 spiro atoms. The van der Waals surface area contributed by atoms with Gasteiger partial charge >= 0.3 is 0 Å². The number of hydrogen-bond donors (Lipinski definition) is 0. The van der Waals surface area contributed by atoms with Crippen LogP contribution in [0.25, 0.3) is 0 Å². The van der Waals surface area contributed by atoms with E-state index in [9.17, 15) is 9.59 Å². The number of Topliss-reactive ketones (excluding diaryl/α,β-unsaturated/α-hetero) is 2. The maximum absolute atomic E-state index is 13.6. The quantitative estimate of drug-likeness (QED) is 0.594. The maximum Gasteiger partial charge on any atom is 0.211 e. The number of nitrogens with zero attached hydrogens (tertiary/aromatic N) is 3. The standard InChI is InChI=1S/C25H15N3O2S/c29-22-17-13-7-8-14-18(17)23(30)24-21(22)28-20(16-11-5-2-6-12-16)19(26-27-25(28)31-24)15-9-3-1-4-10-15/h1-14,20H/t20-/m1/s1. The molecule has 0 amide bonds. The highest BCUT2D eigenvalue weighted by Gasteiger charge is 2.48. The molecule has 0 radical (unpaired) electrons. The van der Waals surface area contributed by atoms with E-state index in [-0.39, 0.29) is 17.6 Å². The van der Waals surface area contributed by atoms with Gasteiger partial charge in [-0.05, 0) is 17.3 Å². The first-order valence-corrected chi connectivity index (χ1v) is 10.7. The molecular formula is C25H15N3O2S. The van der Waals surface area contributed by atoms with Crippen molar-refractivity contribution in [2.24, 2.45) is 10.2 Å². The molecule has 6 heteroatoms. The predicted octanol–water partition coefficient (Wildman–Crippen LogP) is 4.84. The van der Waals surface area contributed by atoms with Gasteiger partial charge in [0.25, 0.3) is 0 Å². The largest absolute Gasteiger partial charge is 0.301 e. The van der Waals surface area contributed by atoms with Crippen LogP contribution < -0.4 is 0 Å². The van der Waals surface area contributed by atoms with Crippen molar-refractivity contribution in [1.29, 1.82) is 0 Å². The highest BCUT2D eigenvalue weighted by atomic mass is 32.2. The van der Waals surface area contributed by atoms with Gasteiger partial charge in [0.1, 0.15) is 11.7 Å². The van der Waals surface area contributed by atoms with Gasteiger partial charge in [-0.2, -0.15) is 0 Å². The van der Waals surface area contributed by atoms with Crippen molar-refractivity contribution in [3.05, 3.63) is 118 Å². The lowest BCUT2D eigenvalue weighted by molar-refractivity contribution is 0.0961. The highest BCUT2D eigenvalue weighted by molar-refractivity contribution is 8.18. The summed E-state index contributed by atoms with van der Waals surface area (Å²) in [5, 5.41) is 9.53. The fourth-order valence-corrected chi connectivity index (χ4v) is 5.29. The van der Waals surface area contributed by atoms with E-state index >= 15 is 0 Å². The summed E-state index contributed by atoms with van der Waals surface area (Å²) in [6.07, 6.45) is 0. The third-order valence-corrected chi connectivity index (χ3v) is 6.68. The number of carbonyl (C=O) groups is 2. The zero-order valence-electron chi connectivity index (χ0n) is 16.2.